The fourth-order valence-electron chi connectivity index (χ4n) is 4.23. The maximum atomic E-state index is 13.0. The monoisotopic (exact) mass is 498 g/mol. The number of carbonyl (C=O) groups is 2. The zero-order chi connectivity index (χ0) is 25.1. The molecule has 1 aromatic carbocycles. The van der Waals surface area contributed by atoms with Gasteiger partial charge >= 0.3 is 0 Å². The van der Waals surface area contributed by atoms with Crippen LogP contribution in [0, 0.1) is 23.2 Å². The molecule has 3 rings (SSSR count). The molecule has 1 saturated carbocycles. The molecule has 1 aliphatic rings. The van der Waals surface area contributed by atoms with Crippen molar-refractivity contribution in [2.75, 3.05) is 25.4 Å². The van der Waals surface area contributed by atoms with Gasteiger partial charge in [-0.3, -0.25) is 14.6 Å². The molecule has 1 heterocycles. The molecule has 2 amide bonds. The predicted molar refractivity (Wildman–Crippen MR) is 129 cm³/mol. The highest BCUT2D eigenvalue weighted by molar-refractivity contribution is 7.91. The van der Waals surface area contributed by atoms with Gasteiger partial charge in [-0.25, -0.2) is 8.42 Å². The molecule has 35 heavy (non-hydrogen) atoms. The van der Waals surface area contributed by atoms with Crippen molar-refractivity contribution in [3.8, 4) is 11.8 Å². The van der Waals surface area contributed by atoms with Crippen LogP contribution in [0.2, 0.25) is 0 Å². The van der Waals surface area contributed by atoms with Crippen LogP contribution in [-0.2, 0) is 25.8 Å². The smallest absolute Gasteiger partial charge is 0.257 e. The van der Waals surface area contributed by atoms with Crippen LogP contribution in [0.1, 0.15) is 31.2 Å². The number of ether oxygens (including phenoxy) is 1. The minimum atomic E-state index is -3.62. The molecule has 1 aromatic heterocycles. The molecular weight excluding hydrogens is 468 g/mol. The van der Waals surface area contributed by atoms with Crippen molar-refractivity contribution < 1.29 is 22.7 Å². The number of benzene rings is 1. The van der Waals surface area contributed by atoms with Crippen molar-refractivity contribution in [3.05, 3.63) is 54.4 Å². The number of nitrogens with zero attached hydrogens (tertiary/aromatic N) is 2. The van der Waals surface area contributed by atoms with Gasteiger partial charge in [-0.1, -0.05) is 12.8 Å². The third kappa shape index (κ3) is 8.07. The molecule has 0 spiro atoms. The first kappa shape index (κ1) is 26.2. The van der Waals surface area contributed by atoms with E-state index in [1.54, 1.807) is 12.4 Å². The first-order chi connectivity index (χ1) is 16.9. The second kappa shape index (κ2) is 12.9. The summed E-state index contributed by atoms with van der Waals surface area (Å²) in [6, 6.07) is 11.6. The molecule has 186 valence electrons. The lowest BCUT2D eigenvalue weighted by atomic mass is 9.80. The lowest BCUT2D eigenvalue weighted by Gasteiger charge is -2.30. The largest absolute Gasteiger partial charge is 0.484 e. The maximum Gasteiger partial charge on any atom is 0.257 e. The van der Waals surface area contributed by atoms with Crippen molar-refractivity contribution >= 4 is 21.7 Å². The van der Waals surface area contributed by atoms with Crippen LogP contribution >= 0.6 is 0 Å². The van der Waals surface area contributed by atoms with Crippen LogP contribution in [0.25, 0.3) is 0 Å². The van der Waals surface area contributed by atoms with Gasteiger partial charge in [-0.2, -0.15) is 5.26 Å². The lowest BCUT2D eigenvalue weighted by Crippen LogP contribution is -2.39. The molecule has 0 radical (unpaired) electrons. The van der Waals surface area contributed by atoms with Gasteiger partial charge in [0, 0.05) is 24.9 Å². The molecule has 9 nitrogen and oxygen atoms in total. The quantitative estimate of drug-likeness (QED) is 0.452. The van der Waals surface area contributed by atoms with Crippen LogP contribution in [0.3, 0.4) is 0 Å². The Balaban J connectivity index is 1.49. The van der Waals surface area contributed by atoms with Gasteiger partial charge in [-0.05, 0) is 67.1 Å². The van der Waals surface area contributed by atoms with Crippen LogP contribution in [0.5, 0.6) is 5.75 Å². The Labute approximate surface area is 205 Å². The van der Waals surface area contributed by atoms with Crippen molar-refractivity contribution in [1.82, 2.24) is 15.6 Å². The number of aromatic nitrogens is 1. The normalized spacial score (nSPS) is 17.7. The number of nitriles is 1. The van der Waals surface area contributed by atoms with Gasteiger partial charge < -0.3 is 15.4 Å². The summed E-state index contributed by atoms with van der Waals surface area (Å²) in [4.78, 5) is 28.5. The number of amides is 2. The van der Waals surface area contributed by atoms with E-state index in [1.807, 2.05) is 18.2 Å². The van der Waals surface area contributed by atoms with Gasteiger partial charge in [0.15, 0.2) is 16.4 Å². The Morgan fingerprint density at radius 1 is 1.06 bits per heavy atom. The van der Waals surface area contributed by atoms with Crippen molar-refractivity contribution in [2.45, 2.75) is 37.0 Å². The number of sulfone groups is 1. The Morgan fingerprint density at radius 2 is 1.77 bits per heavy atom. The van der Waals surface area contributed by atoms with Gasteiger partial charge in [-0.15, -0.1) is 0 Å². The zero-order valence-electron chi connectivity index (χ0n) is 19.5. The second-order valence-electron chi connectivity index (χ2n) is 8.52. The van der Waals surface area contributed by atoms with Crippen molar-refractivity contribution in [3.63, 3.8) is 0 Å². The zero-order valence-corrected chi connectivity index (χ0v) is 20.3. The van der Waals surface area contributed by atoms with E-state index < -0.39 is 15.8 Å². The highest BCUT2D eigenvalue weighted by Crippen LogP contribution is 2.33. The van der Waals surface area contributed by atoms with E-state index in [1.165, 1.54) is 24.3 Å². The average molecular weight is 499 g/mol. The van der Waals surface area contributed by atoms with E-state index in [2.05, 4.69) is 15.6 Å². The molecular formula is C25H30N4O5S. The third-order valence-electron chi connectivity index (χ3n) is 6.06. The van der Waals surface area contributed by atoms with Crippen molar-refractivity contribution in [1.29, 1.82) is 5.26 Å². The summed E-state index contributed by atoms with van der Waals surface area (Å²) in [6.07, 6.45) is 7.10. The number of rotatable bonds is 11. The van der Waals surface area contributed by atoms with E-state index >= 15 is 0 Å². The van der Waals surface area contributed by atoms with E-state index in [9.17, 15) is 18.0 Å². The molecule has 2 N–H and O–H groups in total. The summed E-state index contributed by atoms with van der Waals surface area (Å²) in [5.74, 6) is -0.967. The lowest BCUT2D eigenvalue weighted by molar-refractivity contribution is -0.127. The van der Waals surface area contributed by atoms with Gasteiger partial charge in [0.25, 0.3) is 5.91 Å². The minimum Gasteiger partial charge on any atom is -0.484 e. The average Bonchev–Trinajstić information content (AvgIpc) is 2.87. The molecule has 0 saturated heterocycles. The van der Waals surface area contributed by atoms with Crippen molar-refractivity contribution in [2.24, 2.45) is 11.8 Å². The second-order valence-corrected chi connectivity index (χ2v) is 10.6. The molecule has 2 atom stereocenters. The standard InChI is InChI=1S/C25H30N4O5S/c26-12-16-29-25(31)23-4-2-1-3-20(23)18-35(32,33)22-7-5-21(6-8-22)34-17-24(30)28-15-11-19-9-13-27-14-10-19/h5-10,13-14,20,23H,1-4,11,15-18H2,(H,28,30)(H,29,31). The number of hydrogen-bond acceptors (Lipinski definition) is 7. The van der Waals surface area contributed by atoms with Crippen LogP contribution in [0.4, 0.5) is 0 Å². The summed E-state index contributed by atoms with van der Waals surface area (Å²) in [7, 11) is -3.62. The number of pyridine rings is 1. The number of carbonyl (C=O) groups excluding carboxylic acids is 2. The van der Waals surface area contributed by atoms with Gasteiger partial charge in [0.2, 0.25) is 5.91 Å². The fourth-order valence-corrected chi connectivity index (χ4v) is 5.93. The molecule has 2 aromatic rings. The van der Waals surface area contributed by atoms with E-state index in [0.717, 1.165) is 18.4 Å². The van der Waals surface area contributed by atoms with Crippen LogP contribution < -0.4 is 15.4 Å². The summed E-state index contributed by atoms with van der Waals surface area (Å²) < 4.78 is 31.5. The SMILES string of the molecule is N#CCNC(=O)C1CCCCC1CS(=O)(=O)c1ccc(OCC(=O)NCCc2ccncc2)cc1. The first-order valence-corrected chi connectivity index (χ1v) is 13.3. The molecule has 0 bridgehead atoms. The highest BCUT2D eigenvalue weighted by Gasteiger charge is 2.34. The highest BCUT2D eigenvalue weighted by atomic mass is 32.2. The topological polar surface area (TPSA) is 138 Å². The number of hydrogen-bond donors (Lipinski definition) is 2. The summed E-state index contributed by atoms with van der Waals surface area (Å²) in [6.45, 7) is 0.211. The van der Waals surface area contributed by atoms with E-state index in [4.69, 9.17) is 10.00 Å². The van der Waals surface area contributed by atoms with Gasteiger partial charge in [0.1, 0.15) is 12.3 Å². The molecule has 1 fully saturated rings. The Hall–Kier alpha value is -3.45. The Morgan fingerprint density at radius 3 is 2.49 bits per heavy atom. The predicted octanol–water partition coefficient (Wildman–Crippen LogP) is 2.04. The Bertz CT molecular complexity index is 1130. The minimum absolute atomic E-state index is 0.0843. The Kier molecular flexibility index (Phi) is 9.61. The molecule has 1 aliphatic carbocycles. The number of nitrogens with one attached hydrogen (secondary N) is 2. The molecule has 2 unspecified atom stereocenters. The van der Waals surface area contributed by atoms with E-state index in [-0.39, 0.29) is 41.5 Å². The van der Waals surface area contributed by atoms with E-state index in [0.29, 0.717) is 31.6 Å². The summed E-state index contributed by atoms with van der Waals surface area (Å²) in [5.41, 5.74) is 1.07. The van der Waals surface area contributed by atoms with Crippen LogP contribution in [-0.4, -0.2) is 50.7 Å². The molecule has 10 heteroatoms. The fraction of sp³-hybridized carbons (Fsp3) is 0.440. The summed E-state index contributed by atoms with van der Waals surface area (Å²) >= 11 is 0. The molecule has 0 aliphatic heterocycles. The first-order valence-electron chi connectivity index (χ1n) is 11.6. The third-order valence-corrected chi connectivity index (χ3v) is 7.92. The van der Waals surface area contributed by atoms with Gasteiger partial charge in [0.05, 0.1) is 16.7 Å². The van der Waals surface area contributed by atoms with Crippen LogP contribution in [0.15, 0.2) is 53.7 Å². The summed E-state index contributed by atoms with van der Waals surface area (Å²) in [5, 5.41) is 14.0. The maximum absolute atomic E-state index is 13.0.